The van der Waals surface area contributed by atoms with Crippen LogP contribution >= 0.6 is 46.4 Å². The molecule has 570 valence electrons. The minimum Gasteiger partial charge on any atom is -1.00 e. The molecular formula is C84H92Cl5N7O12. The van der Waals surface area contributed by atoms with Gasteiger partial charge in [0.05, 0.1) is 98.4 Å². The van der Waals surface area contributed by atoms with Gasteiger partial charge in [0.2, 0.25) is 0 Å². The van der Waals surface area contributed by atoms with Crippen molar-refractivity contribution in [1.82, 2.24) is 29.4 Å². The second kappa shape index (κ2) is 38.3. The molecule has 108 heavy (non-hydrogen) atoms. The predicted octanol–water partition coefficient (Wildman–Crippen LogP) is 13.1. The number of carbonyl (C=O) groups excluding carboxylic acids is 8. The number of hydrogen-bond acceptors (Lipinski definition) is 14. The molecule has 0 radical (unpaired) electrons. The summed E-state index contributed by atoms with van der Waals surface area (Å²) < 4.78 is 24.0. The molecule has 0 atom stereocenters. The number of amides is 8. The summed E-state index contributed by atoms with van der Waals surface area (Å²) in [6.07, 6.45) is 3.10. The number of halogens is 5. The molecule has 24 heteroatoms. The first-order valence-corrected chi connectivity index (χ1v) is 37.2. The molecule has 4 aliphatic rings. The lowest BCUT2D eigenvalue weighted by molar-refractivity contribution is -0.870. The number of unbranched alkanes of at least 4 members (excludes halogenated alkanes) is 2. The second-order valence-electron chi connectivity index (χ2n) is 27.8. The number of carbonyl (C=O) groups is 8. The Morgan fingerprint density at radius 3 is 0.898 bits per heavy atom. The largest absolute Gasteiger partial charge is 1.00 e. The lowest BCUT2D eigenvalue weighted by Gasteiger charge is -2.23. The number of nitrogens with zero attached hydrogens (tertiary/aromatic N) is 7. The fourth-order valence-electron chi connectivity index (χ4n) is 12.3. The number of hydrogen-bond donors (Lipinski definition) is 0. The number of aryl methyl sites for hydroxylation is 4. The van der Waals surface area contributed by atoms with E-state index in [0.29, 0.717) is 114 Å². The molecule has 0 saturated heterocycles. The Morgan fingerprint density at radius 2 is 0.639 bits per heavy atom. The fraction of sp³-hybridized carbons (Fsp3) is 0.333. The molecule has 0 N–H and O–H groups in total. The third-order valence-corrected chi connectivity index (χ3v) is 20.2. The molecule has 8 aromatic rings. The maximum atomic E-state index is 13.0. The van der Waals surface area contributed by atoms with E-state index >= 15 is 0 Å². The standard InChI is InChI=1S/C22H25ClN2O3.C21H24ClN2O3.C21H22ClNO3.C20H21ClN2O3.ClH/c1-4-24(5-2)11-12-28-19-8-6-7-17-20(19)22(27)25(21(17)26)14-16-9-10-18(23)15(3)13-16;1-14-12-15(8-9-17(14)22)13-23-20(25)16-6-5-7-18(19(16)21(23)26)27-11-10-24(2,3)4;1-3-4-5-11-26-18-8-6-7-16-19(18)21(25)23(20(16)24)13-15-9-10-17(22)14(2)12-15;1-13-11-14(7-8-16(13)21)12-23-19(24)15-5-4-6-17(18(15)20(23)25)26-10-9-22(2)3;/h6-10,13H,4-5,11-12,14H2,1-3H3;5-9,12H,10-11,13H2,1-4H3;6-10,12H,3-5,11,13H2,1-2H3;4-8,11H,9-10,12H2,1-3H3;1H/q;+1;;;/p-1. The molecule has 4 heterocycles. The molecule has 8 amide bonds. The summed E-state index contributed by atoms with van der Waals surface area (Å²) in [4.78, 5) is 112. The number of quaternary nitrogens is 1. The van der Waals surface area contributed by atoms with Crippen molar-refractivity contribution >= 4 is 93.7 Å². The molecule has 0 spiro atoms. The summed E-state index contributed by atoms with van der Waals surface area (Å²) in [5.41, 5.74) is 10.1. The van der Waals surface area contributed by atoms with Crippen molar-refractivity contribution in [3.05, 3.63) is 255 Å². The van der Waals surface area contributed by atoms with Gasteiger partial charge in [0.15, 0.2) is 0 Å². The highest BCUT2D eigenvalue weighted by Crippen LogP contribution is 2.37. The summed E-state index contributed by atoms with van der Waals surface area (Å²) in [6.45, 7) is 20.9. The number of benzene rings is 8. The van der Waals surface area contributed by atoms with Crippen molar-refractivity contribution in [3.8, 4) is 23.0 Å². The zero-order chi connectivity index (χ0) is 77.6. The Kier molecular flexibility index (Phi) is 29.9. The molecule has 8 aromatic carbocycles. The average Bonchev–Trinajstić information content (AvgIpc) is 1.64. The highest BCUT2D eigenvalue weighted by molar-refractivity contribution is 6.32. The van der Waals surface area contributed by atoms with Gasteiger partial charge in [-0.3, -0.25) is 58.0 Å². The van der Waals surface area contributed by atoms with E-state index in [1.54, 1.807) is 97.1 Å². The van der Waals surface area contributed by atoms with Crippen LogP contribution in [0.2, 0.25) is 20.1 Å². The maximum Gasteiger partial charge on any atom is 0.265 e. The van der Waals surface area contributed by atoms with Crippen LogP contribution in [0.3, 0.4) is 0 Å². The van der Waals surface area contributed by atoms with Crippen molar-refractivity contribution in [2.45, 2.75) is 93.9 Å². The number of likely N-dealkylation sites (N-methyl/N-ethyl adjacent to an activating group) is 3. The lowest BCUT2D eigenvalue weighted by atomic mass is 10.1. The van der Waals surface area contributed by atoms with Crippen molar-refractivity contribution in [1.29, 1.82) is 0 Å². The molecule has 0 aromatic heterocycles. The Labute approximate surface area is 659 Å². The normalized spacial score (nSPS) is 13.4. The third-order valence-electron chi connectivity index (χ3n) is 18.5. The van der Waals surface area contributed by atoms with E-state index in [1.165, 1.54) is 19.6 Å². The molecule has 0 bridgehead atoms. The van der Waals surface area contributed by atoms with Gasteiger partial charge in [-0.1, -0.05) is 153 Å². The number of imide groups is 4. The van der Waals surface area contributed by atoms with Crippen LogP contribution in [0.1, 0.15) is 167 Å². The van der Waals surface area contributed by atoms with E-state index in [-0.39, 0.29) is 85.8 Å². The molecule has 12 rings (SSSR count). The summed E-state index contributed by atoms with van der Waals surface area (Å²) in [6, 6.07) is 42.7. The van der Waals surface area contributed by atoms with E-state index in [2.05, 4.69) is 46.8 Å². The van der Waals surface area contributed by atoms with Crippen LogP contribution in [0.25, 0.3) is 0 Å². The minimum absolute atomic E-state index is 0. The van der Waals surface area contributed by atoms with Crippen LogP contribution in [0.15, 0.2) is 146 Å². The van der Waals surface area contributed by atoms with Crippen molar-refractivity contribution in [2.75, 3.05) is 94.4 Å². The van der Waals surface area contributed by atoms with Crippen LogP contribution in [0, 0.1) is 27.7 Å². The zero-order valence-electron chi connectivity index (χ0n) is 63.1. The SMILES string of the molecule is CCCCCOc1cccc2c1C(=O)N(Cc1ccc(Cl)c(C)c1)C2=O.CCN(CC)CCOc1cccc2c1C(=O)N(Cc1ccc(Cl)c(C)c1)C2=O.Cc1cc(CN2C(=O)c3cccc(OCCN(C)C)c3C2=O)ccc1Cl.Cc1cc(CN2C(=O)c3cccc(OCC[N+](C)(C)C)c3C2=O)ccc1Cl.[Cl-]. The quantitative estimate of drug-likeness (QED) is 0.0268. The van der Waals surface area contributed by atoms with E-state index in [0.717, 1.165) is 101 Å². The van der Waals surface area contributed by atoms with Crippen LogP contribution in [-0.2, 0) is 26.2 Å². The molecule has 0 unspecified atom stereocenters. The van der Waals surface area contributed by atoms with Gasteiger partial charge in [-0.25, -0.2) is 0 Å². The van der Waals surface area contributed by atoms with Crippen LogP contribution < -0.4 is 31.4 Å². The Morgan fingerprint density at radius 1 is 0.361 bits per heavy atom. The first kappa shape index (κ1) is 84.5. The minimum atomic E-state index is -0.321. The summed E-state index contributed by atoms with van der Waals surface area (Å²) in [7, 11) is 10.1. The van der Waals surface area contributed by atoms with Gasteiger partial charge >= 0.3 is 0 Å². The monoisotopic (exact) mass is 1570 g/mol. The summed E-state index contributed by atoms with van der Waals surface area (Å²) >= 11 is 24.2. The smallest absolute Gasteiger partial charge is 0.265 e. The first-order valence-electron chi connectivity index (χ1n) is 35.7. The van der Waals surface area contributed by atoms with Crippen molar-refractivity contribution < 1.29 is 74.2 Å². The van der Waals surface area contributed by atoms with Gasteiger partial charge in [0.1, 0.15) is 49.4 Å². The number of fused-ring (bicyclic) bond motifs is 4. The lowest BCUT2D eigenvalue weighted by Crippen LogP contribution is -3.00. The van der Waals surface area contributed by atoms with Gasteiger partial charge in [0, 0.05) is 33.2 Å². The molecule has 0 aliphatic carbocycles. The molecule has 0 saturated carbocycles. The van der Waals surface area contributed by atoms with Crippen LogP contribution in [0.5, 0.6) is 23.0 Å². The molecule has 19 nitrogen and oxygen atoms in total. The molecular weight excluding hydrogens is 1480 g/mol. The highest BCUT2D eigenvalue weighted by atomic mass is 35.5. The predicted molar refractivity (Wildman–Crippen MR) is 418 cm³/mol. The second-order valence-corrected chi connectivity index (χ2v) is 29.4. The van der Waals surface area contributed by atoms with Crippen LogP contribution in [-0.4, -0.2) is 176 Å². The van der Waals surface area contributed by atoms with E-state index in [1.807, 2.05) is 95.2 Å². The number of ether oxygens (including phenoxy) is 4. The van der Waals surface area contributed by atoms with E-state index < -0.39 is 0 Å². The Hall–Kier alpha value is -9.15. The van der Waals surface area contributed by atoms with Gasteiger partial charge in [-0.15, -0.1) is 0 Å². The van der Waals surface area contributed by atoms with E-state index in [4.69, 9.17) is 65.4 Å². The summed E-state index contributed by atoms with van der Waals surface area (Å²) in [5.74, 6) is -0.527. The zero-order valence-corrected chi connectivity index (χ0v) is 66.9. The Balaban J connectivity index is 0.000000181. The topological polar surface area (TPSA) is 193 Å². The first-order chi connectivity index (χ1) is 51.0. The van der Waals surface area contributed by atoms with Gasteiger partial charge in [-0.05, 0) is 179 Å². The highest BCUT2D eigenvalue weighted by Gasteiger charge is 2.42. The van der Waals surface area contributed by atoms with Gasteiger partial charge in [0.25, 0.3) is 47.3 Å². The average molecular weight is 1570 g/mol. The number of rotatable bonds is 27. The van der Waals surface area contributed by atoms with Crippen molar-refractivity contribution in [2.24, 2.45) is 0 Å². The van der Waals surface area contributed by atoms with E-state index in [9.17, 15) is 38.4 Å². The van der Waals surface area contributed by atoms with Crippen molar-refractivity contribution in [3.63, 3.8) is 0 Å². The summed E-state index contributed by atoms with van der Waals surface area (Å²) in [5, 5.41) is 2.65. The molecule has 0 fully saturated rings. The Bertz CT molecular complexity index is 4670. The fourth-order valence-corrected chi connectivity index (χ4v) is 12.8. The third kappa shape index (κ3) is 20.6. The van der Waals surface area contributed by atoms with Gasteiger partial charge < -0.3 is 45.6 Å². The maximum absolute atomic E-state index is 13.0. The van der Waals surface area contributed by atoms with Gasteiger partial charge in [-0.2, -0.15) is 0 Å². The van der Waals surface area contributed by atoms with Crippen LogP contribution in [0.4, 0.5) is 0 Å². The molecule has 4 aliphatic heterocycles.